The molecule has 1 atom stereocenters. The van der Waals surface area contributed by atoms with E-state index in [1.54, 1.807) is 26.0 Å². The Bertz CT molecular complexity index is 459. The van der Waals surface area contributed by atoms with Crippen LogP contribution in [0.15, 0.2) is 29.2 Å². The molecule has 0 saturated heterocycles. The number of hydrogen-bond donors (Lipinski definition) is 1. The van der Waals surface area contributed by atoms with E-state index in [1.807, 2.05) is 19.2 Å². The van der Waals surface area contributed by atoms with E-state index < -0.39 is 9.84 Å². The lowest BCUT2D eigenvalue weighted by Gasteiger charge is -2.14. The maximum atomic E-state index is 12.0. The lowest BCUT2D eigenvalue weighted by atomic mass is 10.0. The Labute approximate surface area is 111 Å². The zero-order valence-electron chi connectivity index (χ0n) is 11.6. The first kappa shape index (κ1) is 15.2. The van der Waals surface area contributed by atoms with E-state index in [0.29, 0.717) is 10.9 Å². The van der Waals surface area contributed by atoms with Gasteiger partial charge in [-0.15, -0.1) is 0 Å². The molecule has 0 saturated carbocycles. The molecule has 1 aromatic rings. The minimum atomic E-state index is -3.15. The molecule has 0 heterocycles. The van der Waals surface area contributed by atoms with Crippen molar-refractivity contribution >= 4 is 9.84 Å². The van der Waals surface area contributed by atoms with E-state index in [9.17, 15) is 8.42 Å². The van der Waals surface area contributed by atoms with Gasteiger partial charge in [0.15, 0.2) is 9.84 Å². The maximum absolute atomic E-state index is 12.0. The molecule has 18 heavy (non-hydrogen) atoms. The van der Waals surface area contributed by atoms with E-state index in [4.69, 9.17) is 0 Å². The average molecular weight is 269 g/mol. The summed E-state index contributed by atoms with van der Waals surface area (Å²) in [4.78, 5) is 0.416. The quantitative estimate of drug-likeness (QED) is 0.862. The standard InChI is InChI=1S/C14H23NO2S/c1-5-13(15-4)10-12-6-8-14(9-7-12)18(16,17)11(2)3/h6-9,11,13,15H,5,10H2,1-4H3. The first-order chi connectivity index (χ1) is 8.41. The fourth-order valence-electron chi connectivity index (χ4n) is 1.82. The average Bonchev–Trinajstić information content (AvgIpc) is 2.36. The van der Waals surface area contributed by atoms with Gasteiger partial charge in [0.2, 0.25) is 0 Å². The van der Waals surface area contributed by atoms with Crippen molar-refractivity contribution in [3.63, 3.8) is 0 Å². The van der Waals surface area contributed by atoms with Crippen LogP contribution in [-0.2, 0) is 16.3 Å². The predicted octanol–water partition coefficient (Wildman–Crippen LogP) is 2.41. The van der Waals surface area contributed by atoms with Crippen LogP contribution in [0.1, 0.15) is 32.8 Å². The maximum Gasteiger partial charge on any atom is 0.180 e. The summed E-state index contributed by atoms with van der Waals surface area (Å²) in [6.45, 7) is 5.55. The molecule has 1 N–H and O–H groups in total. The van der Waals surface area contributed by atoms with Crippen LogP contribution in [0, 0.1) is 0 Å². The second-order valence-electron chi connectivity index (χ2n) is 4.84. The summed E-state index contributed by atoms with van der Waals surface area (Å²) >= 11 is 0. The highest BCUT2D eigenvalue weighted by atomic mass is 32.2. The SMILES string of the molecule is CCC(Cc1ccc(S(=O)(=O)C(C)C)cc1)NC. The van der Waals surface area contributed by atoms with Crippen LogP contribution < -0.4 is 5.32 Å². The van der Waals surface area contributed by atoms with Crippen molar-refractivity contribution in [2.24, 2.45) is 0 Å². The summed E-state index contributed by atoms with van der Waals surface area (Å²) in [6, 6.07) is 7.70. The van der Waals surface area contributed by atoms with Gasteiger partial charge in [-0.05, 0) is 51.4 Å². The Hall–Kier alpha value is -0.870. The highest BCUT2D eigenvalue weighted by Crippen LogP contribution is 2.17. The van der Waals surface area contributed by atoms with Crippen molar-refractivity contribution in [3.8, 4) is 0 Å². The molecule has 0 bridgehead atoms. The van der Waals surface area contributed by atoms with Gasteiger partial charge in [-0.2, -0.15) is 0 Å². The third kappa shape index (κ3) is 3.56. The smallest absolute Gasteiger partial charge is 0.180 e. The van der Waals surface area contributed by atoms with Gasteiger partial charge < -0.3 is 5.32 Å². The van der Waals surface area contributed by atoms with Crippen LogP contribution in [0.5, 0.6) is 0 Å². The largest absolute Gasteiger partial charge is 0.317 e. The molecule has 0 amide bonds. The fourth-order valence-corrected chi connectivity index (χ4v) is 2.88. The second kappa shape index (κ2) is 6.34. The highest BCUT2D eigenvalue weighted by molar-refractivity contribution is 7.92. The molecule has 0 aliphatic rings. The van der Waals surface area contributed by atoms with E-state index >= 15 is 0 Å². The van der Waals surface area contributed by atoms with Crippen LogP contribution in [0.4, 0.5) is 0 Å². The van der Waals surface area contributed by atoms with Crippen molar-refractivity contribution < 1.29 is 8.42 Å². The number of nitrogens with one attached hydrogen (secondary N) is 1. The molecular formula is C14H23NO2S. The Balaban J connectivity index is 2.87. The molecule has 102 valence electrons. The number of sulfone groups is 1. The van der Waals surface area contributed by atoms with Crippen LogP contribution in [0.3, 0.4) is 0 Å². The number of hydrogen-bond acceptors (Lipinski definition) is 3. The van der Waals surface area contributed by atoms with Gasteiger partial charge in [-0.1, -0.05) is 19.1 Å². The molecule has 0 spiro atoms. The summed E-state index contributed by atoms with van der Waals surface area (Å²) < 4.78 is 23.9. The molecule has 0 radical (unpaired) electrons. The zero-order valence-corrected chi connectivity index (χ0v) is 12.4. The predicted molar refractivity (Wildman–Crippen MR) is 75.6 cm³/mol. The molecule has 3 nitrogen and oxygen atoms in total. The van der Waals surface area contributed by atoms with Crippen molar-refractivity contribution in [3.05, 3.63) is 29.8 Å². The van der Waals surface area contributed by atoms with Gasteiger partial charge in [0.25, 0.3) is 0 Å². The lowest BCUT2D eigenvalue weighted by molar-refractivity contribution is 0.543. The molecule has 0 aliphatic carbocycles. The van der Waals surface area contributed by atoms with Gasteiger partial charge >= 0.3 is 0 Å². The van der Waals surface area contributed by atoms with Crippen molar-refractivity contribution in [2.45, 2.75) is 49.8 Å². The number of rotatable bonds is 6. The lowest BCUT2D eigenvalue weighted by Crippen LogP contribution is -2.26. The zero-order chi connectivity index (χ0) is 13.8. The van der Waals surface area contributed by atoms with E-state index in [0.717, 1.165) is 12.8 Å². The Morgan fingerprint density at radius 2 is 1.72 bits per heavy atom. The molecule has 0 aliphatic heterocycles. The monoisotopic (exact) mass is 269 g/mol. The second-order valence-corrected chi connectivity index (χ2v) is 7.34. The van der Waals surface area contributed by atoms with Gasteiger partial charge in [0.1, 0.15) is 0 Å². The summed E-state index contributed by atoms with van der Waals surface area (Å²) in [7, 11) is -1.20. The molecule has 1 unspecified atom stereocenters. The van der Waals surface area contributed by atoms with Crippen LogP contribution in [-0.4, -0.2) is 26.8 Å². The Morgan fingerprint density at radius 1 is 1.17 bits per heavy atom. The van der Waals surface area contributed by atoms with Crippen molar-refractivity contribution in [2.75, 3.05) is 7.05 Å². The van der Waals surface area contributed by atoms with Crippen LogP contribution >= 0.6 is 0 Å². The third-order valence-corrected chi connectivity index (χ3v) is 5.43. The first-order valence-corrected chi connectivity index (χ1v) is 7.96. The molecule has 0 aromatic heterocycles. The van der Waals surface area contributed by atoms with Crippen LogP contribution in [0.2, 0.25) is 0 Å². The Kier molecular flexibility index (Phi) is 5.35. The summed E-state index contributed by atoms with van der Waals surface area (Å²) in [6.07, 6.45) is 1.98. The number of likely N-dealkylation sites (N-methyl/N-ethyl adjacent to an activating group) is 1. The molecule has 0 fully saturated rings. The molecule has 1 rings (SSSR count). The topological polar surface area (TPSA) is 46.2 Å². The van der Waals surface area contributed by atoms with Gasteiger partial charge in [0, 0.05) is 6.04 Å². The summed E-state index contributed by atoms with van der Waals surface area (Å²) in [5, 5.41) is 2.87. The fraction of sp³-hybridized carbons (Fsp3) is 0.571. The first-order valence-electron chi connectivity index (χ1n) is 6.42. The molecular weight excluding hydrogens is 246 g/mol. The molecule has 4 heteroatoms. The normalized spacial score (nSPS) is 13.8. The molecule has 1 aromatic carbocycles. The summed E-state index contributed by atoms with van der Waals surface area (Å²) in [5.41, 5.74) is 1.17. The van der Waals surface area contributed by atoms with Crippen LogP contribution in [0.25, 0.3) is 0 Å². The van der Waals surface area contributed by atoms with E-state index in [1.165, 1.54) is 5.56 Å². The highest BCUT2D eigenvalue weighted by Gasteiger charge is 2.18. The minimum Gasteiger partial charge on any atom is -0.317 e. The number of benzene rings is 1. The van der Waals surface area contributed by atoms with Crippen molar-refractivity contribution in [1.29, 1.82) is 0 Å². The van der Waals surface area contributed by atoms with Gasteiger partial charge in [0.05, 0.1) is 10.1 Å². The van der Waals surface area contributed by atoms with E-state index in [2.05, 4.69) is 12.2 Å². The third-order valence-electron chi connectivity index (χ3n) is 3.26. The van der Waals surface area contributed by atoms with Crippen molar-refractivity contribution in [1.82, 2.24) is 5.32 Å². The van der Waals surface area contributed by atoms with Gasteiger partial charge in [-0.25, -0.2) is 8.42 Å². The minimum absolute atomic E-state index is 0.371. The van der Waals surface area contributed by atoms with E-state index in [-0.39, 0.29) is 5.25 Å². The summed E-state index contributed by atoms with van der Waals surface area (Å²) in [5.74, 6) is 0. The van der Waals surface area contributed by atoms with Gasteiger partial charge in [-0.3, -0.25) is 0 Å². The Morgan fingerprint density at radius 3 is 2.11 bits per heavy atom.